The summed E-state index contributed by atoms with van der Waals surface area (Å²) in [4.78, 5) is 0. The van der Waals surface area contributed by atoms with Crippen LogP contribution in [0.5, 0.6) is 5.75 Å². The van der Waals surface area contributed by atoms with Crippen molar-refractivity contribution in [3.05, 3.63) is 29.6 Å². The highest BCUT2D eigenvalue weighted by Gasteiger charge is 2.30. The van der Waals surface area contributed by atoms with E-state index in [0.717, 1.165) is 0 Å². The maximum atomic E-state index is 13.8. The maximum absolute atomic E-state index is 13.8. The van der Waals surface area contributed by atoms with Crippen molar-refractivity contribution in [2.75, 3.05) is 6.61 Å². The SMILES string of the molecule is CC(C)(C)[S@+]([O-])N=C1CCOc2cccc(F)c21. The summed E-state index contributed by atoms with van der Waals surface area (Å²) in [6.07, 6.45) is 0.482. The summed E-state index contributed by atoms with van der Waals surface area (Å²) in [6.45, 7) is 5.97. The molecule has 98 valence electrons. The van der Waals surface area contributed by atoms with Crippen LogP contribution in [0.2, 0.25) is 0 Å². The van der Waals surface area contributed by atoms with Gasteiger partial charge in [0.2, 0.25) is 0 Å². The standard InChI is InChI=1S/C13H16FNO2S/c1-13(2,3)18(16)15-10-7-8-17-11-6-4-5-9(14)12(10)11/h4-6H,7-8H2,1-3H3/t18-/m0/s1. The maximum Gasteiger partial charge on any atom is 0.144 e. The molecule has 5 heteroatoms. The molecule has 1 atom stereocenters. The summed E-state index contributed by atoms with van der Waals surface area (Å²) in [5, 5.41) is 0. The van der Waals surface area contributed by atoms with Crippen molar-refractivity contribution in [2.24, 2.45) is 4.40 Å². The lowest BCUT2D eigenvalue weighted by Crippen LogP contribution is -2.28. The van der Waals surface area contributed by atoms with Gasteiger partial charge in [-0.25, -0.2) is 4.39 Å². The second-order valence-electron chi connectivity index (χ2n) is 5.11. The summed E-state index contributed by atoms with van der Waals surface area (Å²) >= 11 is -1.38. The molecule has 0 fully saturated rings. The Morgan fingerprint density at radius 3 is 2.78 bits per heavy atom. The van der Waals surface area contributed by atoms with E-state index in [1.165, 1.54) is 6.07 Å². The van der Waals surface area contributed by atoms with Gasteiger partial charge in [-0.1, -0.05) is 10.5 Å². The number of ether oxygens (including phenoxy) is 1. The second kappa shape index (κ2) is 4.90. The Hall–Kier alpha value is -1.07. The van der Waals surface area contributed by atoms with Crippen molar-refractivity contribution in [3.8, 4) is 5.75 Å². The summed E-state index contributed by atoms with van der Waals surface area (Å²) < 4.78 is 34.9. The monoisotopic (exact) mass is 269 g/mol. The van der Waals surface area contributed by atoms with E-state index in [1.807, 2.05) is 20.8 Å². The van der Waals surface area contributed by atoms with Crippen LogP contribution in [0.1, 0.15) is 32.8 Å². The fourth-order valence-electron chi connectivity index (χ4n) is 1.62. The molecule has 0 aliphatic carbocycles. The third-order valence-electron chi connectivity index (χ3n) is 2.58. The Morgan fingerprint density at radius 1 is 1.39 bits per heavy atom. The van der Waals surface area contributed by atoms with Crippen LogP contribution in [0.3, 0.4) is 0 Å². The average molecular weight is 269 g/mol. The zero-order valence-electron chi connectivity index (χ0n) is 10.7. The van der Waals surface area contributed by atoms with Gasteiger partial charge in [-0.2, -0.15) is 0 Å². The lowest BCUT2D eigenvalue weighted by Gasteiger charge is -2.22. The summed E-state index contributed by atoms with van der Waals surface area (Å²) in [5.74, 6) is 0.0998. The van der Waals surface area contributed by atoms with Crippen LogP contribution in [0.15, 0.2) is 22.6 Å². The van der Waals surface area contributed by atoms with E-state index >= 15 is 0 Å². The van der Waals surface area contributed by atoms with Gasteiger partial charge in [0, 0.05) is 6.42 Å². The van der Waals surface area contributed by atoms with E-state index in [0.29, 0.717) is 30.1 Å². The molecule has 0 spiro atoms. The van der Waals surface area contributed by atoms with Crippen molar-refractivity contribution in [1.29, 1.82) is 0 Å². The van der Waals surface area contributed by atoms with Gasteiger partial charge in [0.25, 0.3) is 0 Å². The minimum Gasteiger partial charge on any atom is -0.591 e. The van der Waals surface area contributed by atoms with E-state index in [-0.39, 0.29) is 5.82 Å². The van der Waals surface area contributed by atoms with Gasteiger partial charge in [-0.3, -0.25) is 0 Å². The first-order valence-electron chi connectivity index (χ1n) is 5.81. The molecule has 18 heavy (non-hydrogen) atoms. The zero-order chi connectivity index (χ0) is 13.3. The molecule has 0 N–H and O–H groups in total. The van der Waals surface area contributed by atoms with Gasteiger partial charge in [0.1, 0.15) is 33.4 Å². The molecule has 1 aliphatic rings. The first-order valence-corrected chi connectivity index (χ1v) is 6.91. The molecule has 1 aliphatic heterocycles. The van der Waals surface area contributed by atoms with Gasteiger partial charge >= 0.3 is 0 Å². The number of fused-ring (bicyclic) bond motifs is 1. The summed E-state index contributed by atoms with van der Waals surface area (Å²) in [5.41, 5.74) is 0.879. The Bertz CT molecular complexity index is 482. The van der Waals surface area contributed by atoms with E-state index in [2.05, 4.69) is 4.40 Å². The van der Waals surface area contributed by atoms with E-state index in [4.69, 9.17) is 4.74 Å². The number of benzene rings is 1. The van der Waals surface area contributed by atoms with Crippen molar-refractivity contribution in [2.45, 2.75) is 31.9 Å². The molecule has 3 nitrogen and oxygen atoms in total. The van der Waals surface area contributed by atoms with Gasteiger partial charge in [-0.15, -0.1) is 0 Å². The Morgan fingerprint density at radius 2 is 2.11 bits per heavy atom. The van der Waals surface area contributed by atoms with E-state index in [9.17, 15) is 8.94 Å². The van der Waals surface area contributed by atoms with Crippen LogP contribution < -0.4 is 4.74 Å². The smallest absolute Gasteiger partial charge is 0.144 e. The molecule has 2 rings (SSSR count). The van der Waals surface area contributed by atoms with Crippen LogP contribution >= 0.6 is 0 Å². The molecule has 0 bridgehead atoms. The Labute approximate surface area is 109 Å². The minimum atomic E-state index is -1.38. The lowest BCUT2D eigenvalue weighted by atomic mass is 10.0. The number of hydrogen-bond acceptors (Lipinski definition) is 3. The normalized spacial score (nSPS) is 19.3. The van der Waals surface area contributed by atoms with Crippen LogP contribution in [0.25, 0.3) is 0 Å². The first-order chi connectivity index (χ1) is 8.39. The Balaban J connectivity index is 2.42. The fourth-order valence-corrected chi connectivity index (χ4v) is 2.27. The topological polar surface area (TPSA) is 44.7 Å². The highest BCUT2D eigenvalue weighted by molar-refractivity contribution is 7.91. The second-order valence-corrected chi connectivity index (χ2v) is 7.02. The quantitative estimate of drug-likeness (QED) is 0.736. The summed E-state index contributed by atoms with van der Waals surface area (Å²) in [7, 11) is 0. The molecule has 0 saturated carbocycles. The Kier molecular flexibility index (Phi) is 3.64. The highest BCUT2D eigenvalue weighted by atomic mass is 32.2. The third-order valence-corrected chi connectivity index (χ3v) is 4.01. The van der Waals surface area contributed by atoms with E-state index < -0.39 is 16.1 Å². The highest BCUT2D eigenvalue weighted by Crippen LogP contribution is 2.29. The van der Waals surface area contributed by atoms with Crippen molar-refractivity contribution in [3.63, 3.8) is 0 Å². The molecule has 1 aromatic rings. The molecule has 0 amide bonds. The molecule has 1 aromatic carbocycles. The predicted octanol–water partition coefficient (Wildman–Crippen LogP) is 2.86. The van der Waals surface area contributed by atoms with Crippen LogP contribution in [0, 0.1) is 5.82 Å². The third kappa shape index (κ3) is 2.67. The van der Waals surface area contributed by atoms with E-state index in [1.54, 1.807) is 12.1 Å². The number of halogens is 1. The van der Waals surface area contributed by atoms with Crippen LogP contribution in [-0.4, -0.2) is 21.6 Å². The summed E-state index contributed by atoms with van der Waals surface area (Å²) in [6, 6.07) is 4.66. The van der Waals surface area contributed by atoms with Crippen LogP contribution in [0.4, 0.5) is 4.39 Å². The number of rotatable bonds is 1. The molecule has 1 heterocycles. The zero-order valence-corrected chi connectivity index (χ0v) is 11.5. The predicted molar refractivity (Wildman–Crippen MR) is 70.9 cm³/mol. The molecule has 0 saturated heterocycles. The fraction of sp³-hybridized carbons (Fsp3) is 0.462. The van der Waals surface area contributed by atoms with Gasteiger partial charge < -0.3 is 9.29 Å². The molecule has 0 radical (unpaired) electrons. The van der Waals surface area contributed by atoms with Crippen molar-refractivity contribution >= 4 is 17.1 Å². The van der Waals surface area contributed by atoms with Crippen molar-refractivity contribution < 1.29 is 13.7 Å². The minimum absolute atomic E-state index is 0.348. The average Bonchev–Trinajstić information content (AvgIpc) is 2.28. The van der Waals surface area contributed by atoms with Gasteiger partial charge in [-0.05, 0) is 32.9 Å². The number of nitrogens with zero attached hydrogens (tertiary/aromatic N) is 1. The first kappa shape index (κ1) is 13.4. The molecular formula is C13H16FNO2S. The largest absolute Gasteiger partial charge is 0.591 e. The molecule has 0 unspecified atom stereocenters. The number of hydrogen-bond donors (Lipinski definition) is 0. The molecular weight excluding hydrogens is 253 g/mol. The van der Waals surface area contributed by atoms with Gasteiger partial charge in [0.15, 0.2) is 0 Å². The van der Waals surface area contributed by atoms with Crippen molar-refractivity contribution in [1.82, 2.24) is 0 Å². The molecule has 0 aromatic heterocycles. The lowest BCUT2D eigenvalue weighted by molar-refractivity contribution is 0.318. The van der Waals surface area contributed by atoms with Gasteiger partial charge in [0.05, 0.1) is 12.2 Å². The van der Waals surface area contributed by atoms with Crippen LogP contribution in [-0.2, 0) is 11.4 Å².